The second-order valence-electron chi connectivity index (χ2n) is 6.25. The highest BCUT2D eigenvalue weighted by Crippen LogP contribution is 2.24. The van der Waals surface area contributed by atoms with Crippen LogP contribution in [0, 0.1) is 10.1 Å². The molecule has 0 saturated carbocycles. The number of hydrogen-bond donors (Lipinski definition) is 1. The van der Waals surface area contributed by atoms with Crippen LogP contribution in [0.3, 0.4) is 0 Å². The van der Waals surface area contributed by atoms with Crippen LogP contribution in [0.4, 0.5) is 16.2 Å². The van der Waals surface area contributed by atoms with E-state index in [1.165, 1.54) is 29.8 Å². The van der Waals surface area contributed by atoms with Crippen LogP contribution < -0.4 is 5.32 Å². The van der Waals surface area contributed by atoms with E-state index in [2.05, 4.69) is 54.2 Å². The molecule has 1 heterocycles. The minimum atomic E-state index is -0.463. The molecule has 0 aliphatic carbocycles. The number of nitrogens with zero attached hydrogens (tertiary/aromatic N) is 3. The van der Waals surface area contributed by atoms with Crippen LogP contribution in [0.25, 0.3) is 0 Å². The van der Waals surface area contributed by atoms with Crippen molar-refractivity contribution in [3.05, 3.63) is 67.1 Å². The van der Waals surface area contributed by atoms with Crippen molar-refractivity contribution in [3.8, 4) is 0 Å². The van der Waals surface area contributed by atoms with Crippen molar-refractivity contribution in [2.45, 2.75) is 6.54 Å². The highest BCUT2D eigenvalue weighted by atomic mass is 79.9. The largest absolute Gasteiger partial charge is 0.322 e. The Labute approximate surface area is 173 Å². The summed E-state index contributed by atoms with van der Waals surface area (Å²) in [5.41, 5.74) is 1.77. The maximum atomic E-state index is 12.4. The molecule has 27 heavy (non-hydrogen) atoms. The van der Waals surface area contributed by atoms with E-state index in [4.69, 9.17) is 0 Å². The van der Waals surface area contributed by atoms with Crippen LogP contribution >= 0.6 is 31.9 Å². The van der Waals surface area contributed by atoms with E-state index >= 15 is 0 Å². The topological polar surface area (TPSA) is 78.7 Å². The average Bonchev–Trinajstić information content (AvgIpc) is 2.66. The lowest BCUT2D eigenvalue weighted by molar-refractivity contribution is -0.384. The summed E-state index contributed by atoms with van der Waals surface area (Å²) < 4.78 is 2.06. The smallest absolute Gasteiger partial charge is 0.321 e. The van der Waals surface area contributed by atoms with Crippen LogP contribution in [0.15, 0.2) is 51.4 Å². The van der Waals surface area contributed by atoms with E-state index in [0.29, 0.717) is 18.8 Å². The zero-order valence-electron chi connectivity index (χ0n) is 14.4. The normalized spacial score (nSPS) is 14.8. The van der Waals surface area contributed by atoms with Gasteiger partial charge in [-0.1, -0.05) is 6.07 Å². The number of carbonyl (C=O) groups is 1. The molecule has 2 aromatic carbocycles. The molecule has 0 aromatic heterocycles. The number of non-ortho nitro benzene ring substituents is 1. The van der Waals surface area contributed by atoms with Gasteiger partial charge in [0, 0.05) is 59.5 Å². The van der Waals surface area contributed by atoms with Crippen molar-refractivity contribution < 1.29 is 9.72 Å². The molecule has 0 bridgehead atoms. The van der Waals surface area contributed by atoms with Crippen LogP contribution in [-0.2, 0) is 6.54 Å². The second-order valence-corrected chi connectivity index (χ2v) is 7.95. The van der Waals surface area contributed by atoms with E-state index in [0.717, 1.165) is 28.6 Å². The fourth-order valence-electron chi connectivity index (χ4n) is 2.87. The number of carbonyl (C=O) groups excluding carboxylic acids is 1. The number of halogens is 2. The van der Waals surface area contributed by atoms with Gasteiger partial charge in [-0.15, -0.1) is 0 Å². The molecule has 3 rings (SSSR count). The SMILES string of the molecule is O=C(Nc1ccc([N+](=O)[O-])cc1)N1CCN(Cc2ccc(Br)c(Br)c2)CC1. The van der Waals surface area contributed by atoms with E-state index in [1.807, 2.05) is 6.07 Å². The third-order valence-corrected chi connectivity index (χ3v) is 6.26. The molecule has 9 heteroatoms. The lowest BCUT2D eigenvalue weighted by atomic mass is 10.2. The Morgan fingerprint density at radius 2 is 1.70 bits per heavy atom. The predicted octanol–water partition coefficient (Wildman–Crippen LogP) is 4.47. The number of piperazine rings is 1. The highest BCUT2D eigenvalue weighted by molar-refractivity contribution is 9.13. The Balaban J connectivity index is 1.50. The maximum Gasteiger partial charge on any atom is 0.321 e. The number of amides is 2. The molecule has 1 fully saturated rings. The quantitative estimate of drug-likeness (QED) is 0.499. The minimum absolute atomic E-state index is 0.00110. The average molecular weight is 498 g/mol. The summed E-state index contributed by atoms with van der Waals surface area (Å²) in [7, 11) is 0. The molecule has 1 aliphatic rings. The van der Waals surface area contributed by atoms with E-state index in [9.17, 15) is 14.9 Å². The molecular formula is C18H18Br2N4O3. The molecule has 2 aromatic rings. The van der Waals surface area contributed by atoms with Gasteiger partial charge in [0.1, 0.15) is 0 Å². The summed E-state index contributed by atoms with van der Waals surface area (Å²) in [5, 5.41) is 13.5. The fourth-order valence-corrected chi connectivity index (χ4v) is 3.55. The Morgan fingerprint density at radius 1 is 1.04 bits per heavy atom. The van der Waals surface area contributed by atoms with Gasteiger partial charge in [0.15, 0.2) is 0 Å². The Bertz CT molecular complexity index is 837. The van der Waals surface area contributed by atoms with Gasteiger partial charge in [-0.25, -0.2) is 4.79 Å². The molecule has 1 N–H and O–H groups in total. The van der Waals surface area contributed by atoms with Crippen molar-refractivity contribution in [1.29, 1.82) is 0 Å². The minimum Gasteiger partial charge on any atom is -0.322 e. The summed E-state index contributed by atoms with van der Waals surface area (Å²) in [4.78, 5) is 26.7. The molecule has 0 unspecified atom stereocenters. The lowest BCUT2D eigenvalue weighted by Gasteiger charge is -2.34. The molecule has 0 radical (unpaired) electrons. The standard InChI is InChI=1S/C18H18Br2N4O3/c19-16-6-1-13(11-17(16)20)12-22-7-9-23(10-8-22)18(25)21-14-2-4-15(5-3-14)24(26)27/h1-6,11H,7-10,12H2,(H,21,25). The molecule has 1 saturated heterocycles. The molecule has 0 atom stereocenters. The van der Waals surface area contributed by atoms with Crippen molar-refractivity contribution >= 4 is 49.3 Å². The van der Waals surface area contributed by atoms with Gasteiger partial charge in [0.2, 0.25) is 0 Å². The van der Waals surface area contributed by atoms with Crippen LogP contribution in [-0.4, -0.2) is 46.9 Å². The first kappa shape index (κ1) is 19.8. The van der Waals surface area contributed by atoms with E-state index in [1.54, 1.807) is 4.90 Å². The third kappa shape index (κ3) is 5.27. The predicted molar refractivity (Wildman–Crippen MR) is 111 cm³/mol. The number of nitro groups is 1. The fraction of sp³-hybridized carbons (Fsp3) is 0.278. The first-order chi connectivity index (χ1) is 12.9. The summed E-state index contributed by atoms with van der Waals surface area (Å²) in [6, 6.07) is 11.9. The molecule has 1 aliphatic heterocycles. The number of hydrogen-bond acceptors (Lipinski definition) is 4. The van der Waals surface area contributed by atoms with Crippen molar-refractivity contribution in [1.82, 2.24) is 9.80 Å². The molecule has 2 amide bonds. The summed E-state index contributed by atoms with van der Waals surface area (Å²) in [6.45, 7) is 3.69. The number of anilines is 1. The molecule has 0 spiro atoms. The van der Waals surface area contributed by atoms with Gasteiger partial charge in [-0.3, -0.25) is 15.0 Å². The van der Waals surface area contributed by atoms with E-state index < -0.39 is 4.92 Å². The zero-order chi connectivity index (χ0) is 19.4. The second kappa shape index (κ2) is 8.81. The Morgan fingerprint density at radius 3 is 2.30 bits per heavy atom. The van der Waals surface area contributed by atoms with Gasteiger partial charge in [-0.05, 0) is 61.7 Å². The number of urea groups is 1. The highest BCUT2D eigenvalue weighted by Gasteiger charge is 2.21. The summed E-state index contributed by atoms with van der Waals surface area (Å²) >= 11 is 6.99. The summed E-state index contributed by atoms with van der Waals surface area (Å²) in [5.74, 6) is 0. The van der Waals surface area contributed by atoms with Gasteiger partial charge < -0.3 is 10.2 Å². The first-order valence-electron chi connectivity index (χ1n) is 8.39. The molecule has 7 nitrogen and oxygen atoms in total. The third-order valence-electron chi connectivity index (χ3n) is 4.38. The summed E-state index contributed by atoms with van der Waals surface area (Å²) in [6.07, 6.45) is 0. The van der Waals surface area contributed by atoms with Gasteiger partial charge in [-0.2, -0.15) is 0 Å². The Kier molecular flexibility index (Phi) is 6.46. The zero-order valence-corrected chi connectivity index (χ0v) is 17.6. The van der Waals surface area contributed by atoms with Gasteiger partial charge in [0.05, 0.1) is 4.92 Å². The maximum absolute atomic E-state index is 12.4. The van der Waals surface area contributed by atoms with Crippen molar-refractivity contribution in [2.24, 2.45) is 0 Å². The van der Waals surface area contributed by atoms with E-state index in [-0.39, 0.29) is 11.7 Å². The monoisotopic (exact) mass is 496 g/mol. The molecule has 142 valence electrons. The van der Waals surface area contributed by atoms with Crippen molar-refractivity contribution in [2.75, 3.05) is 31.5 Å². The number of nitrogens with one attached hydrogen (secondary N) is 1. The van der Waals surface area contributed by atoms with Gasteiger partial charge >= 0.3 is 6.03 Å². The molecular weight excluding hydrogens is 480 g/mol. The number of benzene rings is 2. The number of rotatable bonds is 4. The van der Waals surface area contributed by atoms with Crippen LogP contribution in [0.2, 0.25) is 0 Å². The van der Waals surface area contributed by atoms with Gasteiger partial charge in [0.25, 0.3) is 5.69 Å². The number of nitro benzene ring substituents is 1. The first-order valence-corrected chi connectivity index (χ1v) is 9.97. The Hall–Kier alpha value is -1.97. The van der Waals surface area contributed by atoms with Crippen LogP contribution in [0.1, 0.15) is 5.56 Å². The van der Waals surface area contributed by atoms with Crippen molar-refractivity contribution in [3.63, 3.8) is 0 Å². The van der Waals surface area contributed by atoms with Crippen LogP contribution in [0.5, 0.6) is 0 Å². The lowest BCUT2D eigenvalue weighted by Crippen LogP contribution is -2.49.